The van der Waals surface area contributed by atoms with Gasteiger partial charge in [-0.2, -0.15) is 0 Å². The van der Waals surface area contributed by atoms with Crippen LogP contribution in [0.5, 0.6) is 0 Å². The Labute approximate surface area is 180 Å². The van der Waals surface area contributed by atoms with Crippen molar-refractivity contribution in [3.05, 3.63) is 65.7 Å². The largest absolute Gasteiger partial charge is 0.366 e. The molecule has 0 spiro atoms. The van der Waals surface area contributed by atoms with Gasteiger partial charge in [-0.05, 0) is 42.7 Å². The minimum absolute atomic E-state index is 0.0190. The van der Waals surface area contributed by atoms with Gasteiger partial charge >= 0.3 is 0 Å². The molecule has 0 unspecified atom stereocenters. The topological polar surface area (TPSA) is 43.9 Å². The fourth-order valence-electron chi connectivity index (χ4n) is 5.40. The third-order valence-electron chi connectivity index (χ3n) is 7.04. The molecule has 0 aliphatic carbocycles. The summed E-state index contributed by atoms with van der Waals surface area (Å²) in [5.74, 6) is -0.542. The lowest BCUT2D eigenvalue weighted by atomic mass is 9.76. The van der Waals surface area contributed by atoms with Crippen LogP contribution in [0.3, 0.4) is 0 Å². The number of hydrogen-bond acceptors (Lipinski definition) is 3. The van der Waals surface area contributed by atoms with Crippen LogP contribution < -0.4 is 4.90 Å². The number of amides is 2. The van der Waals surface area contributed by atoms with Crippen LogP contribution in [0.15, 0.2) is 48.5 Å². The Morgan fingerprint density at radius 3 is 2.35 bits per heavy atom. The highest BCUT2D eigenvalue weighted by Gasteiger charge is 2.55. The predicted molar refractivity (Wildman–Crippen MR) is 113 cm³/mol. The summed E-state index contributed by atoms with van der Waals surface area (Å²) in [6.45, 7) is 2.38. The first kappa shape index (κ1) is 20.0. The van der Waals surface area contributed by atoms with Gasteiger partial charge in [-0.25, -0.2) is 8.78 Å². The smallest absolute Gasteiger partial charge is 0.235 e. The fraction of sp³-hybridized carbons (Fsp3) is 0.417. The van der Waals surface area contributed by atoms with Gasteiger partial charge in [-0.3, -0.25) is 9.59 Å². The minimum Gasteiger partial charge on any atom is -0.366 e. The van der Waals surface area contributed by atoms with Gasteiger partial charge < -0.3 is 14.7 Å². The molecular formula is C24H25F2N3O2. The van der Waals surface area contributed by atoms with Crippen LogP contribution in [0.25, 0.3) is 0 Å². The molecule has 5 nitrogen and oxygen atoms in total. The Morgan fingerprint density at radius 1 is 0.968 bits per heavy atom. The van der Waals surface area contributed by atoms with Crippen molar-refractivity contribution >= 4 is 17.5 Å². The lowest BCUT2D eigenvalue weighted by molar-refractivity contribution is -0.138. The first-order chi connectivity index (χ1) is 15.0. The highest BCUT2D eigenvalue weighted by Crippen LogP contribution is 2.44. The van der Waals surface area contributed by atoms with Crippen molar-refractivity contribution in [2.75, 3.05) is 37.6 Å². The molecule has 3 saturated heterocycles. The predicted octanol–water partition coefficient (Wildman–Crippen LogP) is 2.95. The van der Waals surface area contributed by atoms with Crippen LogP contribution in [0, 0.1) is 11.6 Å². The van der Waals surface area contributed by atoms with Gasteiger partial charge in [0.05, 0.1) is 11.1 Å². The summed E-state index contributed by atoms with van der Waals surface area (Å²) in [5.41, 5.74) is 0.460. The van der Waals surface area contributed by atoms with Crippen LogP contribution in [0.2, 0.25) is 0 Å². The van der Waals surface area contributed by atoms with E-state index in [1.54, 1.807) is 24.3 Å². The molecule has 0 aromatic heterocycles. The van der Waals surface area contributed by atoms with E-state index in [2.05, 4.69) is 0 Å². The number of halogens is 2. The van der Waals surface area contributed by atoms with E-state index in [0.29, 0.717) is 51.3 Å². The summed E-state index contributed by atoms with van der Waals surface area (Å²) in [5, 5.41) is 0. The average molecular weight is 425 g/mol. The van der Waals surface area contributed by atoms with Gasteiger partial charge in [0, 0.05) is 45.2 Å². The number of carbonyl (C=O) groups is 2. The number of para-hydroxylation sites is 1. The lowest BCUT2D eigenvalue weighted by Crippen LogP contribution is -2.55. The van der Waals surface area contributed by atoms with Gasteiger partial charge in [0.2, 0.25) is 11.8 Å². The number of rotatable bonds is 3. The number of benzene rings is 2. The number of hydrogen-bond donors (Lipinski definition) is 0. The van der Waals surface area contributed by atoms with Crippen LogP contribution in [0.1, 0.15) is 24.8 Å². The second kappa shape index (κ2) is 7.62. The van der Waals surface area contributed by atoms with E-state index in [1.165, 1.54) is 18.2 Å². The normalized spacial score (nSPS) is 25.8. The quantitative estimate of drug-likeness (QED) is 0.760. The van der Waals surface area contributed by atoms with Gasteiger partial charge in [0.1, 0.15) is 11.6 Å². The Balaban J connectivity index is 1.39. The molecule has 0 radical (unpaired) electrons. The van der Waals surface area contributed by atoms with Crippen molar-refractivity contribution in [1.29, 1.82) is 0 Å². The van der Waals surface area contributed by atoms with Gasteiger partial charge in [0.15, 0.2) is 0 Å². The molecule has 3 aliphatic heterocycles. The zero-order chi connectivity index (χ0) is 21.6. The van der Waals surface area contributed by atoms with Crippen molar-refractivity contribution in [2.24, 2.45) is 0 Å². The van der Waals surface area contributed by atoms with E-state index in [0.717, 1.165) is 12.0 Å². The second-order valence-corrected chi connectivity index (χ2v) is 8.74. The third-order valence-corrected chi connectivity index (χ3v) is 7.04. The number of carbonyl (C=O) groups excluding carboxylic acids is 2. The van der Waals surface area contributed by atoms with E-state index >= 15 is 0 Å². The molecule has 3 fully saturated rings. The Hall–Kier alpha value is -2.96. The summed E-state index contributed by atoms with van der Waals surface area (Å²) >= 11 is 0. The van der Waals surface area contributed by atoms with E-state index in [1.807, 2.05) is 20.8 Å². The molecule has 5 rings (SSSR count). The summed E-state index contributed by atoms with van der Waals surface area (Å²) < 4.78 is 27.8. The molecule has 3 heterocycles. The number of anilines is 1. The Bertz CT molecular complexity index is 1000. The van der Waals surface area contributed by atoms with E-state index in [4.69, 9.17) is 0 Å². The highest BCUT2D eigenvalue weighted by molar-refractivity contribution is 5.91. The molecule has 2 aromatic rings. The molecule has 2 amide bonds. The van der Waals surface area contributed by atoms with Gasteiger partial charge in [0.25, 0.3) is 0 Å². The SMILES string of the molecule is O=C1CC[C@H]2C[C@@](C(=O)N3CCN(c4ccccc4F)CC3)(c3ccc(F)cc3)CN12. The zero-order valence-corrected chi connectivity index (χ0v) is 17.3. The van der Waals surface area contributed by atoms with Crippen molar-refractivity contribution in [3.63, 3.8) is 0 Å². The molecule has 31 heavy (non-hydrogen) atoms. The monoisotopic (exact) mass is 425 g/mol. The maximum Gasteiger partial charge on any atom is 0.235 e. The van der Waals surface area contributed by atoms with Crippen molar-refractivity contribution < 1.29 is 18.4 Å². The summed E-state index contributed by atoms with van der Waals surface area (Å²) in [7, 11) is 0. The van der Waals surface area contributed by atoms with Crippen molar-refractivity contribution in [2.45, 2.75) is 30.7 Å². The molecule has 2 atom stereocenters. The molecule has 162 valence electrons. The fourth-order valence-corrected chi connectivity index (χ4v) is 5.40. The summed E-state index contributed by atoms with van der Waals surface area (Å²) in [6, 6.07) is 12.8. The first-order valence-corrected chi connectivity index (χ1v) is 10.8. The molecule has 0 N–H and O–H groups in total. The van der Waals surface area contributed by atoms with Crippen molar-refractivity contribution in [3.8, 4) is 0 Å². The molecule has 3 aliphatic rings. The summed E-state index contributed by atoms with van der Waals surface area (Å²) in [6.07, 6.45) is 1.85. The average Bonchev–Trinajstić information content (AvgIpc) is 3.34. The van der Waals surface area contributed by atoms with E-state index in [-0.39, 0.29) is 29.5 Å². The van der Waals surface area contributed by atoms with E-state index < -0.39 is 5.41 Å². The van der Waals surface area contributed by atoms with Crippen LogP contribution in [-0.4, -0.2) is 60.4 Å². The summed E-state index contributed by atoms with van der Waals surface area (Å²) in [4.78, 5) is 31.8. The molecule has 0 saturated carbocycles. The number of piperazine rings is 1. The van der Waals surface area contributed by atoms with Crippen molar-refractivity contribution in [1.82, 2.24) is 9.80 Å². The third kappa shape index (κ3) is 3.36. The Kier molecular flexibility index (Phi) is 4.91. The first-order valence-electron chi connectivity index (χ1n) is 10.8. The number of nitrogens with zero attached hydrogens (tertiary/aromatic N) is 3. The molecule has 0 bridgehead atoms. The molecule has 7 heteroatoms. The van der Waals surface area contributed by atoms with Crippen LogP contribution in [-0.2, 0) is 15.0 Å². The van der Waals surface area contributed by atoms with Gasteiger partial charge in [-0.15, -0.1) is 0 Å². The maximum absolute atomic E-state index is 14.2. The molecular weight excluding hydrogens is 400 g/mol. The van der Waals surface area contributed by atoms with Crippen LogP contribution in [0.4, 0.5) is 14.5 Å². The van der Waals surface area contributed by atoms with Gasteiger partial charge in [-0.1, -0.05) is 24.3 Å². The highest BCUT2D eigenvalue weighted by atomic mass is 19.1. The molecule has 2 aromatic carbocycles. The maximum atomic E-state index is 14.2. The van der Waals surface area contributed by atoms with Crippen LogP contribution >= 0.6 is 0 Å². The standard InChI is InChI=1S/C24H25F2N3O2/c25-18-7-5-17(6-8-18)24(15-19-9-10-22(30)29(19)16-24)23(31)28-13-11-27(12-14-28)21-4-2-1-3-20(21)26/h1-8,19H,9-16H2/t19-,24-/m0/s1. The minimum atomic E-state index is -0.853. The second-order valence-electron chi connectivity index (χ2n) is 8.74. The van der Waals surface area contributed by atoms with E-state index in [9.17, 15) is 18.4 Å². The zero-order valence-electron chi connectivity index (χ0n) is 17.3. The Morgan fingerprint density at radius 2 is 1.68 bits per heavy atom. The number of fused-ring (bicyclic) bond motifs is 1. The lowest BCUT2D eigenvalue weighted by Gasteiger charge is -2.40.